The molecule has 1 aromatic carbocycles. The van der Waals surface area contributed by atoms with Crippen molar-refractivity contribution in [2.45, 2.75) is 39.2 Å². The van der Waals surface area contributed by atoms with E-state index in [-0.39, 0.29) is 11.8 Å². The van der Waals surface area contributed by atoms with Crippen molar-refractivity contribution in [2.24, 2.45) is 0 Å². The molecule has 0 saturated carbocycles. The molecular formula is C19H23N5O. The number of carbonyl (C=O) groups is 1. The zero-order valence-corrected chi connectivity index (χ0v) is 14.7. The summed E-state index contributed by atoms with van der Waals surface area (Å²) in [7, 11) is 0. The van der Waals surface area contributed by atoms with Crippen LogP contribution in [0.3, 0.4) is 0 Å². The minimum absolute atomic E-state index is 0.0661. The third-order valence-electron chi connectivity index (χ3n) is 5.06. The first kappa shape index (κ1) is 15.9. The standard InChI is InChI=1S/C19H23N5O/c1-3-24-16(9-10-20-24)19(25)23-11-5-7-14(12-23)18-21-15-8-4-6-13(2)17(15)22-18/h4,6,8-10,14H,3,5,7,11-12H2,1-2H3,(H,21,22). The van der Waals surface area contributed by atoms with Crippen LogP contribution in [0.1, 0.15) is 47.6 Å². The van der Waals surface area contributed by atoms with Crippen molar-refractivity contribution in [3.8, 4) is 0 Å². The monoisotopic (exact) mass is 337 g/mol. The molecule has 3 heterocycles. The van der Waals surface area contributed by atoms with Crippen LogP contribution in [0.2, 0.25) is 0 Å². The molecule has 1 aliphatic rings. The van der Waals surface area contributed by atoms with Gasteiger partial charge in [-0.15, -0.1) is 0 Å². The number of para-hydroxylation sites is 1. The average molecular weight is 337 g/mol. The fourth-order valence-electron chi connectivity index (χ4n) is 3.70. The van der Waals surface area contributed by atoms with E-state index < -0.39 is 0 Å². The van der Waals surface area contributed by atoms with E-state index in [1.165, 1.54) is 5.56 Å². The van der Waals surface area contributed by atoms with Crippen molar-refractivity contribution in [1.82, 2.24) is 24.6 Å². The predicted molar refractivity (Wildman–Crippen MR) is 96.6 cm³/mol. The summed E-state index contributed by atoms with van der Waals surface area (Å²) in [4.78, 5) is 23.1. The Hall–Kier alpha value is -2.63. The molecule has 1 fully saturated rings. The molecule has 1 unspecified atom stereocenters. The predicted octanol–water partition coefficient (Wildman–Crippen LogP) is 3.11. The Labute approximate surface area is 146 Å². The maximum Gasteiger partial charge on any atom is 0.272 e. The van der Waals surface area contributed by atoms with E-state index in [1.54, 1.807) is 16.9 Å². The number of hydrogen-bond donors (Lipinski definition) is 1. The van der Waals surface area contributed by atoms with E-state index in [4.69, 9.17) is 4.98 Å². The van der Waals surface area contributed by atoms with Gasteiger partial charge in [0.2, 0.25) is 0 Å². The maximum absolute atomic E-state index is 12.9. The van der Waals surface area contributed by atoms with Gasteiger partial charge in [-0.3, -0.25) is 9.48 Å². The number of fused-ring (bicyclic) bond motifs is 1. The minimum atomic E-state index is 0.0661. The van der Waals surface area contributed by atoms with Gasteiger partial charge in [0, 0.05) is 31.7 Å². The molecule has 4 rings (SSSR count). The van der Waals surface area contributed by atoms with Crippen molar-refractivity contribution < 1.29 is 4.79 Å². The first-order valence-electron chi connectivity index (χ1n) is 8.93. The number of likely N-dealkylation sites (tertiary alicyclic amines) is 1. The number of carbonyl (C=O) groups excluding carboxylic acids is 1. The van der Waals surface area contributed by atoms with Crippen LogP contribution in [-0.4, -0.2) is 43.6 Å². The van der Waals surface area contributed by atoms with Crippen LogP contribution in [-0.2, 0) is 6.54 Å². The number of amides is 1. The number of nitrogens with zero attached hydrogens (tertiary/aromatic N) is 4. The summed E-state index contributed by atoms with van der Waals surface area (Å²) >= 11 is 0. The van der Waals surface area contributed by atoms with Gasteiger partial charge in [-0.1, -0.05) is 12.1 Å². The molecule has 3 aromatic rings. The SMILES string of the molecule is CCn1nccc1C(=O)N1CCCC(c2nc3c(C)cccc3[nH]2)C1. The summed E-state index contributed by atoms with van der Waals surface area (Å²) < 4.78 is 1.76. The number of rotatable bonds is 3. The van der Waals surface area contributed by atoms with E-state index in [0.29, 0.717) is 18.8 Å². The lowest BCUT2D eigenvalue weighted by Gasteiger charge is -2.31. The average Bonchev–Trinajstić information content (AvgIpc) is 3.28. The van der Waals surface area contributed by atoms with Gasteiger partial charge in [0.15, 0.2) is 0 Å². The fraction of sp³-hybridized carbons (Fsp3) is 0.421. The van der Waals surface area contributed by atoms with Crippen molar-refractivity contribution >= 4 is 16.9 Å². The largest absolute Gasteiger partial charge is 0.342 e. The highest BCUT2D eigenvalue weighted by molar-refractivity contribution is 5.92. The van der Waals surface area contributed by atoms with Gasteiger partial charge in [0.25, 0.3) is 5.91 Å². The second-order valence-electron chi connectivity index (χ2n) is 6.72. The van der Waals surface area contributed by atoms with Crippen LogP contribution < -0.4 is 0 Å². The third kappa shape index (κ3) is 2.81. The Morgan fingerprint density at radius 3 is 3.04 bits per heavy atom. The fourth-order valence-corrected chi connectivity index (χ4v) is 3.70. The smallest absolute Gasteiger partial charge is 0.272 e. The number of nitrogens with one attached hydrogen (secondary N) is 1. The highest BCUT2D eigenvalue weighted by atomic mass is 16.2. The summed E-state index contributed by atoms with van der Waals surface area (Å²) in [6, 6.07) is 7.99. The molecule has 1 N–H and O–H groups in total. The number of benzene rings is 1. The first-order valence-corrected chi connectivity index (χ1v) is 8.93. The van der Waals surface area contributed by atoms with Crippen molar-refractivity contribution in [2.75, 3.05) is 13.1 Å². The first-order chi connectivity index (χ1) is 12.2. The normalized spacial score (nSPS) is 18.0. The molecule has 1 aliphatic heterocycles. The molecule has 0 spiro atoms. The Morgan fingerprint density at radius 1 is 1.36 bits per heavy atom. The van der Waals surface area contributed by atoms with E-state index in [0.717, 1.165) is 36.2 Å². The molecule has 1 saturated heterocycles. The number of H-pyrrole nitrogens is 1. The Balaban J connectivity index is 1.58. The number of hydrogen-bond acceptors (Lipinski definition) is 3. The molecule has 0 bridgehead atoms. The molecule has 0 radical (unpaired) electrons. The maximum atomic E-state index is 12.9. The van der Waals surface area contributed by atoms with Gasteiger partial charge in [0.05, 0.1) is 11.0 Å². The van der Waals surface area contributed by atoms with Crippen molar-refractivity contribution in [1.29, 1.82) is 0 Å². The van der Waals surface area contributed by atoms with Gasteiger partial charge in [-0.25, -0.2) is 4.98 Å². The van der Waals surface area contributed by atoms with E-state index in [9.17, 15) is 4.79 Å². The summed E-state index contributed by atoms with van der Waals surface area (Å²) in [5, 5.41) is 4.22. The summed E-state index contributed by atoms with van der Waals surface area (Å²) in [5.74, 6) is 1.31. The summed E-state index contributed by atoms with van der Waals surface area (Å²) in [5.41, 5.74) is 3.95. The Kier molecular flexibility index (Phi) is 4.03. The molecule has 6 heteroatoms. The van der Waals surface area contributed by atoms with Crippen LogP contribution in [0.4, 0.5) is 0 Å². The molecule has 6 nitrogen and oxygen atoms in total. The second kappa shape index (κ2) is 6.35. The molecule has 1 amide bonds. The van der Waals surface area contributed by atoms with Crippen LogP contribution >= 0.6 is 0 Å². The van der Waals surface area contributed by atoms with E-state index in [2.05, 4.69) is 29.1 Å². The summed E-state index contributed by atoms with van der Waals surface area (Å²) in [6.07, 6.45) is 3.74. The van der Waals surface area contributed by atoms with Crippen LogP contribution in [0.25, 0.3) is 11.0 Å². The number of aryl methyl sites for hydroxylation is 2. The quantitative estimate of drug-likeness (QED) is 0.798. The van der Waals surface area contributed by atoms with Gasteiger partial charge in [0.1, 0.15) is 11.5 Å². The highest BCUT2D eigenvalue weighted by Crippen LogP contribution is 2.28. The molecule has 2 aromatic heterocycles. The van der Waals surface area contributed by atoms with Crippen molar-refractivity contribution in [3.63, 3.8) is 0 Å². The number of imidazole rings is 1. The van der Waals surface area contributed by atoms with E-state index in [1.807, 2.05) is 17.9 Å². The lowest BCUT2D eigenvalue weighted by Crippen LogP contribution is -2.40. The zero-order valence-electron chi connectivity index (χ0n) is 14.7. The topological polar surface area (TPSA) is 66.8 Å². The zero-order chi connectivity index (χ0) is 17.4. The van der Waals surface area contributed by atoms with Crippen LogP contribution in [0.5, 0.6) is 0 Å². The molecule has 0 aliphatic carbocycles. The van der Waals surface area contributed by atoms with Gasteiger partial charge in [-0.2, -0.15) is 5.10 Å². The Bertz CT molecular complexity index is 910. The third-order valence-corrected chi connectivity index (χ3v) is 5.06. The van der Waals surface area contributed by atoms with E-state index >= 15 is 0 Å². The second-order valence-corrected chi connectivity index (χ2v) is 6.72. The molecular weight excluding hydrogens is 314 g/mol. The van der Waals surface area contributed by atoms with Crippen LogP contribution in [0.15, 0.2) is 30.5 Å². The van der Waals surface area contributed by atoms with Gasteiger partial charge < -0.3 is 9.88 Å². The number of aromatic amines is 1. The van der Waals surface area contributed by atoms with Crippen molar-refractivity contribution in [3.05, 3.63) is 47.5 Å². The molecule has 25 heavy (non-hydrogen) atoms. The van der Waals surface area contributed by atoms with Crippen LogP contribution in [0, 0.1) is 6.92 Å². The minimum Gasteiger partial charge on any atom is -0.342 e. The summed E-state index contributed by atoms with van der Waals surface area (Å²) in [6.45, 7) is 6.28. The lowest BCUT2D eigenvalue weighted by atomic mass is 9.97. The lowest BCUT2D eigenvalue weighted by molar-refractivity contribution is 0.0692. The molecule has 130 valence electrons. The highest BCUT2D eigenvalue weighted by Gasteiger charge is 2.28. The molecule has 1 atom stereocenters. The number of aromatic nitrogens is 4. The van der Waals surface area contributed by atoms with Gasteiger partial charge >= 0.3 is 0 Å². The number of piperidine rings is 1. The van der Waals surface area contributed by atoms with Gasteiger partial charge in [-0.05, 0) is 44.4 Å². The Morgan fingerprint density at radius 2 is 2.24 bits per heavy atom.